The summed E-state index contributed by atoms with van der Waals surface area (Å²) in [6.07, 6.45) is 7.47. The first-order chi connectivity index (χ1) is 17.3. The van der Waals surface area contributed by atoms with Gasteiger partial charge >= 0.3 is 0 Å². The lowest BCUT2D eigenvalue weighted by Crippen LogP contribution is -2.52. The van der Waals surface area contributed by atoms with Crippen LogP contribution in [0.5, 0.6) is 0 Å². The highest BCUT2D eigenvalue weighted by Crippen LogP contribution is 2.47. The van der Waals surface area contributed by atoms with Crippen LogP contribution in [0.2, 0.25) is 0 Å². The third kappa shape index (κ3) is 4.16. The van der Waals surface area contributed by atoms with E-state index in [2.05, 4.69) is 20.5 Å². The Labute approximate surface area is 207 Å². The quantitative estimate of drug-likeness (QED) is 0.332. The van der Waals surface area contributed by atoms with Gasteiger partial charge in [-0.25, -0.2) is 12.8 Å². The van der Waals surface area contributed by atoms with Crippen molar-refractivity contribution >= 4 is 27.7 Å². The molecule has 11 heteroatoms. The fourth-order valence-electron chi connectivity index (χ4n) is 4.74. The summed E-state index contributed by atoms with van der Waals surface area (Å²) in [5, 5.41) is 17.6. The third-order valence-corrected chi connectivity index (χ3v) is 8.40. The van der Waals surface area contributed by atoms with Crippen LogP contribution in [0.1, 0.15) is 23.3 Å². The number of rotatable bonds is 7. The number of carbonyl (C=O) groups excluding carboxylic acids is 1. The minimum Gasteiger partial charge on any atom is -0.355 e. The first-order valence-electron chi connectivity index (χ1n) is 11.3. The van der Waals surface area contributed by atoms with E-state index >= 15 is 0 Å². The number of aromatic amines is 1. The van der Waals surface area contributed by atoms with Gasteiger partial charge in [0.25, 0.3) is 0 Å². The van der Waals surface area contributed by atoms with E-state index in [0.717, 1.165) is 11.8 Å². The number of pyridine rings is 1. The number of hydrogen-bond donors (Lipinski definition) is 3. The molecule has 184 valence electrons. The molecule has 0 spiro atoms. The van der Waals surface area contributed by atoms with Gasteiger partial charge in [0.2, 0.25) is 10.0 Å². The number of hydrogen-bond acceptors (Lipinski definition) is 7. The number of aromatic nitrogens is 3. The first-order valence-corrected chi connectivity index (χ1v) is 12.7. The Morgan fingerprint density at radius 3 is 2.69 bits per heavy atom. The summed E-state index contributed by atoms with van der Waals surface area (Å²) in [4.78, 5) is 18.2. The molecule has 1 aliphatic heterocycles. The maximum absolute atomic E-state index is 14.0. The monoisotopic (exact) mass is 506 g/mol. The normalized spacial score (nSPS) is 20.4. The highest BCUT2D eigenvalue weighted by atomic mass is 32.2. The molecular formula is C25H23FN6O3S. The fourth-order valence-corrected chi connectivity index (χ4v) is 6.15. The molecular weight excluding hydrogens is 483 g/mol. The molecule has 1 atom stereocenters. The third-order valence-electron chi connectivity index (χ3n) is 6.59. The number of sulfonamides is 1. The van der Waals surface area contributed by atoms with Gasteiger partial charge in [0.15, 0.2) is 5.78 Å². The van der Waals surface area contributed by atoms with Crippen molar-refractivity contribution in [1.29, 1.82) is 5.41 Å². The SMILES string of the molecule is N=CC1=C(Nc2ccc(F)cc2)C=C2CCN(S(=O)(=O)c3cn[nH]c3)C[C@@]2(C(=O)c2ccccn2)C1. The minimum absolute atomic E-state index is 0.0210. The summed E-state index contributed by atoms with van der Waals surface area (Å²) in [6.45, 7) is 0.0866. The van der Waals surface area contributed by atoms with Crippen LogP contribution >= 0.6 is 0 Å². The van der Waals surface area contributed by atoms with Crippen molar-refractivity contribution in [3.05, 3.63) is 95.5 Å². The van der Waals surface area contributed by atoms with Crippen LogP contribution in [-0.2, 0) is 10.0 Å². The average Bonchev–Trinajstić information content (AvgIpc) is 3.45. The van der Waals surface area contributed by atoms with Gasteiger partial charge in [-0.1, -0.05) is 11.6 Å². The van der Waals surface area contributed by atoms with Gasteiger partial charge in [-0.15, -0.1) is 0 Å². The molecule has 0 radical (unpaired) electrons. The zero-order valence-electron chi connectivity index (χ0n) is 19.1. The first kappa shape index (κ1) is 23.8. The Bertz CT molecular complexity index is 1470. The molecule has 2 aliphatic rings. The van der Waals surface area contributed by atoms with E-state index in [-0.39, 0.29) is 41.7 Å². The fraction of sp³-hybridized carbons (Fsp3) is 0.200. The molecule has 9 nitrogen and oxygen atoms in total. The Balaban J connectivity index is 1.57. The minimum atomic E-state index is -3.90. The van der Waals surface area contributed by atoms with Gasteiger partial charge in [0, 0.05) is 43.1 Å². The van der Waals surface area contributed by atoms with E-state index in [1.165, 1.54) is 35.0 Å². The van der Waals surface area contributed by atoms with E-state index in [4.69, 9.17) is 5.41 Å². The number of Topliss-reactive ketones (excluding diaryl/α,β-unsaturated/α-hetero) is 1. The van der Waals surface area contributed by atoms with Gasteiger partial charge in [-0.05, 0) is 60.9 Å². The van der Waals surface area contributed by atoms with Crippen molar-refractivity contribution in [2.75, 3.05) is 18.4 Å². The molecule has 0 amide bonds. The summed E-state index contributed by atoms with van der Waals surface area (Å²) in [5.74, 6) is -0.670. The topological polar surface area (TPSA) is 132 Å². The van der Waals surface area contributed by atoms with Gasteiger partial charge in [0.1, 0.15) is 16.4 Å². The zero-order valence-corrected chi connectivity index (χ0v) is 19.9. The lowest BCUT2D eigenvalue weighted by atomic mass is 9.65. The van der Waals surface area contributed by atoms with E-state index < -0.39 is 15.4 Å². The number of fused-ring (bicyclic) bond motifs is 1. The van der Waals surface area contributed by atoms with Crippen LogP contribution in [0.15, 0.2) is 88.9 Å². The molecule has 1 fully saturated rings. The predicted molar refractivity (Wildman–Crippen MR) is 131 cm³/mol. The van der Waals surface area contributed by atoms with Gasteiger partial charge in [-0.3, -0.25) is 14.9 Å². The number of nitrogens with zero attached hydrogens (tertiary/aromatic N) is 3. The summed E-state index contributed by atoms with van der Waals surface area (Å²) in [5.41, 5.74) is 1.52. The van der Waals surface area contributed by atoms with Crippen LogP contribution in [-0.4, -0.2) is 53.0 Å². The van der Waals surface area contributed by atoms with Crippen LogP contribution in [0.25, 0.3) is 0 Å². The Morgan fingerprint density at radius 1 is 1.22 bits per heavy atom. The van der Waals surface area contributed by atoms with Crippen molar-refractivity contribution in [3.8, 4) is 0 Å². The number of ketones is 1. The Kier molecular flexibility index (Phi) is 6.10. The predicted octanol–water partition coefficient (Wildman–Crippen LogP) is 3.55. The maximum Gasteiger partial charge on any atom is 0.246 e. The number of anilines is 1. The second kappa shape index (κ2) is 9.25. The summed E-state index contributed by atoms with van der Waals surface area (Å²) < 4.78 is 41.3. The van der Waals surface area contributed by atoms with E-state index in [1.54, 1.807) is 30.3 Å². The number of halogens is 1. The number of nitrogens with one attached hydrogen (secondary N) is 3. The second-order valence-corrected chi connectivity index (χ2v) is 10.6. The van der Waals surface area contributed by atoms with Crippen molar-refractivity contribution < 1.29 is 17.6 Å². The number of carbonyl (C=O) groups is 1. The number of piperidine rings is 1. The summed E-state index contributed by atoms with van der Waals surface area (Å²) >= 11 is 0. The molecule has 36 heavy (non-hydrogen) atoms. The summed E-state index contributed by atoms with van der Waals surface area (Å²) in [7, 11) is -3.90. The molecule has 1 aliphatic carbocycles. The Hall–Kier alpha value is -3.96. The Morgan fingerprint density at radius 2 is 2.03 bits per heavy atom. The smallest absolute Gasteiger partial charge is 0.246 e. The molecule has 1 aromatic carbocycles. The molecule has 3 heterocycles. The molecule has 1 saturated heterocycles. The van der Waals surface area contributed by atoms with E-state index in [0.29, 0.717) is 23.4 Å². The molecule has 3 N–H and O–H groups in total. The van der Waals surface area contributed by atoms with Gasteiger partial charge in [-0.2, -0.15) is 9.40 Å². The van der Waals surface area contributed by atoms with Crippen molar-refractivity contribution in [2.24, 2.45) is 5.41 Å². The molecule has 3 aromatic rings. The van der Waals surface area contributed by atoms with E-state index in [1.807, 2.05) is 6.08 Å². The van der Waals surface area contributed by atoms with Crippen molar-refractivity contribution in [1.82, 2.24) is 19.5 Å². The number of H-pyrrole nitrogens is 1. The molecule has 2 aromatic heterocycles. The standard InChI is InChI=1S/C25H23FN6O3S/c26-19-4-6-20(7-5-19)31-23-11-18-8-10-32(36(34,35)21-14-29-30-15-21)16-25(18,12-17(23)13-27)24(33)22-3-1-2-9-28-22/h1-7,9,11,13-15,27,31H,8,10,12,16H2,(H,29,30)/t25-/m0/s1. The van der Waals surface area contributed by atoms with E-state index in [9.17, 15) is 17.6 Å². The highest BCUT2D eigenvalue weighted by molar-refractivity contribution is 7.89. The molecule has 0 bridgehead atoms. The molecule has 0 unspecified atom stereocenters. The highest BCUT2D eigenvalue weighted by Gasteiger charge is 2.51. The van der Waals surface area contributed by atoms with Crippen molar-refractivity contribution in [3.63, 3.8) is 0 Å². The van der Waals surface area contributed by atoms with Crippen LogP contribution in [0.3, 0.4) is 0 Å². The van der Waals surface area contributed by atoms with Crippen LogP contribution < -0.4 is 5.32 Å². The van der Waals surface area contributed by atoms with Crippen LogP contribution in [0.4, 0.5) is 10.1 Å². The maximum atomic E-state index is 14.0. The average molecular weight is 507 g/mol. The number of allylic oxidation sites excluding steroid dienone is 2. The van der Waals surface area contributed by atoms with Gasteiger partial charge < -0.3 is 10.7 Å². The van der Waals surface area contributed by atoms with Crippen molar-refractivity contribution in [2.45, 2.75) is 17.7 Å². The lowest BCUT2D eigenvalue weighted by molar-refractivity contribution is 0.0770. The zero-order chi connectivity index (χ0) is 25.3. The van der Waals surface area contributed by atoms with Gasteiger partial charge in [0.05, 0.1) is 11.6 Å². The van der Waals surface area contributed by atoms with Crippen LogP contribution in [0, 0.1) is 16.6 Å². The molecule has 5 rings (SSSR count). The summed E-state index contributed by atoms with van der Waals surface area (Å²) in [6, 6.07) is 10.9. The number of benzene rings is 1. The lowest BCUT2D eigenvalue weighted by Gasteiger charge is -2.45. The largest absolute Gasteiger partial charge is 0.355 e. The second-order valence-electron chi connectivity index (χ2n) is 8.71. The molecule has 0 saturated carbocycles.